The van der Waals surface area contributed by atoms with Crippen molar-refractivity contribution in [3.05, 3.63) is 29.8 Å². The number of benzene rings is 1. The number of thiocarbonyl (C=S) groups is 1. The van der Waals surface area contributed by atoms with Crippen LogP contribution in [-0.2, 0) is 0 Å². The van der Waals surface area contributed by atoms with E-state index in [9.17, 15) is 0 Å². The zero-order valence-electron chi connectivity index (χ0n) is 12.1. The third-order valence-corrected chi connectivity index (χ3v) is 3.20. The Bertz CT molecular complexity index is 390. The number of likely N-dealkylation sites (N-methyl/N-ethyl adjacent to an activating group) is 1. The molecule has 0 bridgehead atoms. The second-order valence-electron chi connectivity index (χ2n) is 5.22. The lowest BCUT2D eigenvalue weighted by atomic mass is 10.1. The van der Waals surface area contributed by atoms with E-state index < -0.39 is 0 Å². The zero-order chi connectivity index (χ0) is 14.3. The lowest BCUT2D eigenvalue weighted by molar-refractivity contribution is 0.230. The molecule has 0 amide bonds. The van der Waals surface area contributed by atoms with Crippen LogP contribution in [0.1, 0.15) is 25.8 Å². The Morgan fingerprint density at radius 1 is 1.26 bits per heavy atom. The number of hydrogen-bond donors (Lipinski definition) is 1. The van der Waals surface area contributed by atoms with E-state index in [1.165, 1.54) is 6.42 Å². The molecule has 4 heteroatoms. The van der Waals surface area contributed by atoms with Crippen molar-refractivity contribution < 1.29 is 4.74 Å². The third-order valence-electron chi connectivity index (χ3n) is 2.97. The Hall–Kier alpha value is -1.13. The van der Waals surface area contributed by atoms with Crippen molar-refractivity contribution in [3.63, 3.8) is 0 Å². The molecule has 0 atom stereocenters. The van der Waals surface area contributed by atoms with Gasteiger partial charge in [-0.05, 0) is 50.2 Å². The van der Waals surface area contributed by atoms with E-state index >= 15 is 0 Å². The average molecular weight is 280 g/mol. The molecule has 0 fully saturated rings. The molecule has 0 spiro atoms. The Morgan fingerprint density at radius 3 is 2.42 bits per heavy atom. The van der Waals surface area contributed by atoms with E-state index in [1.54, 1.807) is 0 Å². The highest BCUT2D eigenvalue weighted by atomic mass is 32.1. The van der Waals surface area contributed by atoms with Gasteiger partial charge in [-0.25, -0.2) is 0 Å². The predicted octanol–water partition coefficient (Wildman–Crippen LogP) is 2.68. The van der Waals surface area contributed by atoms with Crippen molar-refractivity contribution in [2.45, 2.75) is 20.3 Å². The summed E-state index contributed by atoms with van der Waals surface area (Å²) in [6.07, 6.45) is 1.22. The Balaban J connectivity index is 2.27. The Labute approximate surface area is 121 Å². The quantitative estimate of drug-likeness (QED) is 0.743. The van der Waals surface area contributed by atoms with Gasteiger partial charge in [0.1, 0.15) is 17.3 Å². The normalized spacial score (nSPS) is 11.0. The fourth-order valence-corrected chi connectivity index (χ4v) is 1.76. The maximum atomic E-state index is 5.69. The number of hydrogen-bond acceptors (Lipinski definition) is 3. The van der Waals surface area contributed by atoms with Gasteiger partial charge in [-0.2, -0.15) is 0 Å². The van der Waals surface area contributed by atoms with Crippen LogP contribution in [0.4, 0.5) is 0 Å². The minimum absolute atomic E-state index is 0.417. The summed E-state index contributed by atoms with van der Waals surface area (Å²) in [4.78, 5) is 2.71. The molecule has 0 saturated heterocycles. The molecule has 0 aliphatic carbocycles. The van der Waals surface area contributed by atoms with Crippen LogP contribution in [-0.4, -0.2) is 36.6 Å². The van der Waals surface area contributed by atoms with Crippen molar-refractivity contribution in [1.29, 1.82) is 0 Å². The molecule has 2 N–H and O–H groups in total. The molecule has 0 unspecified atom stereocenters. The summed E-state index contributed by atoms with van der Waals surface area (Å²) in [5.41, 5.74) is 6.42. The highest BCUT2D eigenvalue weighted by Crippen LogP contribution is 2.12. The van der Waals surface area contributed by atoms with Crippen molar-refractivity contribution in [3.8, 4) is 5.75 Å². The molecular weight excluding hydrogens is 256 g/mol. The number of ether oxygens (including phenoxy) is 1. The number of nitrogens with two attached hydrogens (primary N) is 1. The highest BCUT2D eigenvalue weighted by molar-refractivity contribution is 7.80. The first-order chi connectivity index (χ1) is 8.99. The summed E-state index contributed by atoms with van der Waals surface area (Å²) >= 11 is 4.91. The van der Waals surface area contributed by atoms with E-state index in [2.05, 4.69) is 25.8 Å². The fourth-order valence-electron chi connectivity index (χ4n) is 1.63. The first-order valence-corrected chi connectivity index (χ1v) is 7.11. The SMILES string of the molecule is CC(C)CCN(C)CCOc1ccc(C(N)=S)cc1. The summed E-state index contributed by atoms with van der Waals surface area (Å²) in [5, 5.41) is 0. The van der Waals surface area contributed by atoms with Gasteiger partial charge < -0.3 is 15.4 Å². The Kier molecular flexibility index (Phi) is 6.81. The van der Waals surface area contributed by atoms with Crippen LogP contribution < -0.4 is 10.5 Å². The maximum Gasteiger partial charge on any atom is 0.119 e. The molecule has 1 rings (SSSR count). The van der Waals surface area contributed by atoms with Gasteiger partial charge in [0.2, 0.25) is 0 Å². The molecule has 0 aliphatic heterocycles. The summed E-state index contributed by atoms with van der Waals surface area (Å²) in [7, 11) is 2.13. The van der Waals surface area contributed by atoms with Crippen LogP contribution >= 0.6 is 12.2 Å². The summed E-state index contributed by atoms with van der Waals surface area (Å²) < 4.78 is 5.69. The van der Waals surface area contributed by atoms with Gasteiger partial charge in [-0.3, -0.25) is 0 Å². The average Bonchev–Trinajstić information content (AvgIpc) is 2.37. The third kappa shape index (κ3) is 6.55. The molecule has 0 saturated carbocycles. The van der Waals surface area contributed by atoms with Gasteiger partial charge in [0.25, 0.3) is 0 Å². The van der Waals surface area contributed by atoms with E-state index in [-0.39, 0.29) is 0 Å². The van der Waals surface area contributed by atoms with E-state index in [0.717, 1.165) is 30.3 Å². The minimum atomic E-state index is 0.417. The first kappa shape index (κ1) is 15.9. The fraction of sp³-hybridized carbons (Fsp3) is 0.533. The van der Waals surface area contributed by atoms with Gasteiger partial charge >= 0.3 is 0 Å². The largest absolute Gasteiger partial charge is 0.492 e. The van der Waals surface area contributed by atoms with Crippen LogP contribution in [0, 0.1) is 5.92 Å². The molecular formula is C15H24N2OS. The molecule has 1 aromatic rings. The van der Waals surface area contributed by atoms with Crippen LogP contribution in [0.15, 0.2) is 24.3 Å². The standard InChI is InChI=1S/C15H24N2OS/c1-12(2)8-9-17(3)10-11-18-14-6-4-13(5-7-14)15(16)19/h4-7,12H,8-11H2,1-3H3,(H2,16,19). The van der Waals surface area contributed by atoms with Gasteiger partial charge in [0.05, 0.1) is 0 Å². The molecule has 0 radical (unpaired) electrons. The molecule has 0 heterocycles. The summed E-state index contributed by atoms with van der Waals surface area (Å²) in [6, 6.07) is 7.59. The van der Waals surface area contributed by atoms with Gasteiger partial charge in [-0.1, -0.05) is 26.1 Å². The van der Waals surface area contributed by atoms with Gasteiger partial charge in [0.15, 0.2) is 0 Å². The van der Waals surface area contributed by atoms with Crippen molar-refractivity contribution in [2.24, 2.45) is 11.7 Å². The molecule has 1 aromatic carbocycles. The monoisotopic (exact) mass is 280 g/mol. The smallest absolute Gasteiger partial charge is 0.119 e. The lowest BCUT2D eigenvalue weighted by Gasteiger charge is -2.18. The summed E-state index contributed by atoms with van der Waals surface area (Å²) in [6.45, 7) is 7.23. The molecule has 0 aromatic heterocycles. The van der Waals surface area contributed by atoms with Crippen molar-refractivity contribution in [1.82, 2.24) is 4.90 Å². The zero-order valence-corrected chi connectivity index (χ0v) is 12.9. The first-order valence-electron chi connectivity index (χ1n) is 6.70. The molecule has 19 heavy (non-hydrogen) atoms. The Morgan fingerprint density at radius 2 is 1.89 bits per heavy atom. The lowest BCUT2D eigenvalue weighted by Crippen LogP contribution is -2.26. The van der Waals surface area contributed by atoms with Crippen molar-refractivity contribution >= 4 is 17.2 Å². The minimum Gasteiger partial charge on any atom is -0.492 e. The van der Waals surface area contributed by atoms with E-state index in [1.807, 2.05) is 24.3 Å². The van der Waals surface area contributed by atoms with E-state index in [0.29, 0.717) is 11.6 Å². The number of rotatable bonds is 8. The van der Waals surface area contributed by atoms with E-state index in [4.69, 9.17) is 22.7 Å². The van der Waals surface area contributed by atoms with Crippen LogP contribution in [0.3, 0.4) is 0 Å². The predicted molar refractivity (Wildman–Crippen MR) is 84.8 cm³/mol. The second kappa shape index (κ2) is 8.12. The van der Waals surface area contributed by atoms with Gasteiger partial charge in [0, 0.05) is 12.1 Å². The maximum absolute atomic E-state index is 5.69. The molecule has 0 aliphatic rings. The van der Waals surface area contributed by atoms with Crippen molar-refractivity contribution in [2.75, 3.05) is 26.7 Å². The van der Waals surface area contributed by atoms with Crippen LogP contribution in [0.2, 0.25) is 0 Å². The summed E-state index contributed by atoms with van der Waals surface area (Å²) in [5.74, 6) is 1.60. The topological polar surface area (TPSA) is 38.5 Å². The second-order valence-corrected chi connectivity index (χ2v) is 5.66. The molecule has 106 valence electrons. The highest BCUT2D eigenvalue weighted by Gasteiger charge is 2.02. The molecule has 3 nitrogen and oxygen atoms in total. The number of nitrogens with zero attached hydrogens (tertiary/aromatic N) is 1. The van der Waals surface area contributed by atoms with Crippen LogP contribution in [0.5, 0.6) is 5.75 Å². The van der Waals surface area contributed by atoms with Gasteiger partial charge in [-0.15, -0.1) is 0 Å². The van der Waals surface area contributed by atoms with Crippen LogP contribution in [0.25, 0.3) is 0 Å².